The molecule has 1 aromatic rings. The lowest BCUT2D eigenvalue weighted by atomic mass is 10.0. The molecule has 0 spiro atoms. The zero-order valence-electron chi connectivity index (χ0n) is 22.2. The number of nitrogens with one attached hydrogen (secondary N) is 1. The number of methoxy groups -OCH3 is 1. The van der Waals surface area contributed by atoms with Gasteiger partial charge >= 0.3 is 23.9 Å². The van der Waals surface area contributed by atoms with Gasteiger partial charge < -0.3 is 24.3 Å². The van der Waals surface area contributed by atoms with Crippen molar-refractivity contribution in [3.8, 4) is 11.5 Å². The number of carbonyl (C=O) groups is 4. The SMILES string of the molecule is CCCCC(=O)Oc1ccc(C[C@H](NCCOC(=O)CC(C)C)C(=O)OC)cc1OC(=O)CCCC. The zero-order chi connectivity index (χ0) is 26.9. The van der Waals surface area contributed by atoms with Gasteiger partial charge in [0.05, 0.1) is 7.11 Å². The molecule has 9 heteroatoms. The Morgan fingerprint density at radius 1 is 0.889 bits per heavy atom. The summed E-state index contributed by atoms with van der Waals surface area (Å²) in [6, 6.07) is 4.13. The van der Waals surface area contributed by atoms with Gasteiger partial charge in [0, 0.05) is 25.8 Å². The Balaban J connectivity index is 2.94. The van der Waals surface area contributed by atoms with E-state index in [4.69, 9.17) is 18.9 Å². The van der Waals surface area contributed by atoms with Gasteiger partial charge in [-0.1, -0.05) is 46.6 Å². The van der Waals surface area contributed by atoms with Crippen molar-refractivity contribution in [1.82, 2.24) is 5.32 Å². The first-order valence-corrected chi connectivity index (χ1v) is 12.7. The Morgan fingerprint density at radius 3 is 2.06 bits per heavy atom. The molecule has 0 saturated carbocycles. The largest absolute Gasteiger partial charge is 0.468 e. The smallest absolute Gasteiger partial charge is 0.323 e. The Morgan fingerprint density at radius 2 is 1.50 bits per heavy atom. The molecule has 0 amide bonds. The standard InChI is InChI=1S/C27H41NO8/c1-6-8-10-24(29)35-22-13-12-20(18-23(22)36-25(30)11-9-7-2)17-21(27(32)33-5)28-14-15-34-26(31)16-19(3)4/h12-13,18-19,21,28H,6-11,14-17H2,1-5H3/t21-/m0/s1. The fourth-order valence-electron chi connectivity index (χ4n) is 3.24. The lowest BCUT2D eigenvalue weighted by Gasteiger charge is -2.18. The quantitative estimate of drug-likeness (QED) is 0.189. The second-order valence-corrected chi connectivity index (χ2v) is 8.99. The molecule has 36 heavy (non-hydrogen) atoms. The van der Waals surface area contributed by atoms with Crippen molar-refractivity contribution in [3.63, 3.8) is 0 Å². The zero-order valence-corrected chi connectivity index (χ0v) is 22.2. The molecule has 202 valence electrons. The molecule has 1 aromatic carbocycles. The van der Waals surface area contributed by atoms with Crippen LogP contribution in [0.4, 0.5) is 0 Å². The van der Waals surface area contributed by atoms with Crippen LogP contribution in [0.1, 0.15) is 78.2 Å². The highest BCUT2D eigenvalue weighted by Crippen LogP contribution is 2.30. The van der Waals surface area contributed by atoms with Crippen molar-refractivity contribution in [2.24, 2.45) is 5.92 Å². The summed E-state index contributed by atoms with van der Waals surface area (Å²) in [6.45, 7) is 8.19. The molecule has 9 nitrogen and oxygen atoms in total. The summed E-state index contributed by atoms with van der Waals surface area (Å²) in [6.07, 6.45) is 4.12. The predicted octanol–water partition coefficient (Wildman–Crippen LogP) is 4.14. The summed E-state index contributed by atoms with van der Waals surface area (Å²) in [5.41, 5.74) is 0.668. The minimum atomic E-state index is -0.722. The number of carbonyl (C=O) groups excluding carboxylic acids is 4. The van der Waals surface area contributed by atoms with Crippen molar-refractivity contribution in [3.05, 3.63) is 23.8 Å². The third-order valence-electron chi connectivity index (χ3n) is 5.18. The molecule has 0 unspecified atom stereocenters. The number of rotatable bonds is 17. The molecule has 0 bridgehead atoms. The fraction of sp³-hybridized carbons (Fsp3) is 0.630. The second kappa shape index (κ2) is 17.5. The molecular weight excluding hydrogens is 466 g/mol. The number of ether oxygens (including phenoxy) is 4. The van der Waals surface area contributed by atoms with Gasteiger partial charge in [-0.25, -0.2) is 0 Å². The normalized spacial score (nSPS) is 11.6. The monoisotopic (exact) mass is 507 g/mol. The van der Waals surface area contributed by atoms with E-state index < -0.39 is 23.9 Å². The van der Waals surface area contributed by atoms with Crippen LogP contribution >= 0.6 is 0 Å². The van der Waals surface area contributed by atoms with E-state index in [2.05, 4.69) is 5.32 Å². The van der Waals surface area contributed by atoms with Gasteiger partial charge in [-0.3, -0.25) is 19.2 Å². The molecule has 1 N–H and O–H groups in total. The molecule has 0 aromatic heterocycles. The highest BCUT2D eigenvalue weighted by atomic mass is 16.6. The molecule has 0 radical (unpaired) electrons. The van der Waals surface area contributed by atoms with Crippen LogP contribution in [0.2, 0.25) is 0 Å². The van der Waals surface area contributed by atoms with Crippen LogP contribution < -0.4 is 14.8 Å². The fourth-order valence-corrected chi connectivity index (χ4v) is 3.24. The maximum atomic E-state index is 12.3. The average Bonchev–Trinajstić information content (AvgIpc) is 2.83. The van der Waals surface area contributed by atoms with Crippen molar-refractivity contribution in [2.45, 2.75) is 85.1 Å². The minimum Gasteiger partial charge on any atom is -0.468 e. The first-order chi connectivity index (χ1) is 17.2. The van der Waals surface area contributed by atoms with Crippen LogP contribution in [0, 0.1) is 5.92 Å². The van der Waals surface area contributed by atoms with E-state index in [0.717, 1.165) is 12.8 Å². The van der Waals surface area contributed by atoms with E-state index in [1.165, 1.54) is 7.11 Å². The summed E-state index contributed by atoms with van der Waals surface area (Å²) >= 11 is 0. The van der Waals surface area contributed by atoms with E-state index in [0.29, 0.717) is 24.8 Å². The van der Waals surface area contributed by atoms with E-state index in [9.17, 15) is 19.2 Å². The second-order valence-electron chi connectivity index (χ2n) is 8.99. The van der Waals surface area contributed by atoms with Crippen LogP contribution in [0.15, 0.2) is 18.2 Å². The van der Waals surface area contributed by atoms with Gasteiger partial charge in [0.15, 0.2) is 11.5 Å². The number of benzene rings is 1. The maximum absolute atomic E-state index is 12.3. The number of hydrogen-bond acceptors (Lipinski definition) is 9. The molecule has 0 saturated heterocycles. The molecule has 0 aliphatic rings. The topological polar surface area (TPSA) is 117 Å². The van der Waals surface area contributed by atoms with Crippen LogP contribution in [-0.4, -0.2) is 50.2 Å². The van der Waals surface area contributed by atoms with Gasteiger partial charge in [-0.15, -0.1) is 0 Å². The molecule has 0 aliphatic heterocycles. The minimum absolute atomic E-state index is 0.117. The highest BCUT2D eigenvalue weighted by molar-refractivity contribution is 5.77. The molecule has 1 rings (SSSR count). The summed E-state index contributed by atoms with van der Waals surface area (Å²) < 4.78 is 21.0. The van der Waals surface area contributed by atoms with Gasteiger partial charge in [0.25, 0.3) is 0 Å². The first-order valence-electron chi connectivity index (χ1n) is 12.7. The Kier molecular flexibility index (Phi) is 15.1. The lowest BCUT2D eigenvalue weighted by molar-refractivity contribution is -0.144. The summed E-state index contributed by atoms with van der Waals surface area (Å²) in [5, 5.41) is 3.04. The van der Waals surface area contributed by atoms with E-state index >= 15 is 0 Å². The number of hydrogen-bond donors (Lipinski definition) is 1. The van der Waals surface area contributed by atoms with Crippen molar-refractivity contribution >= 4 is 23.9 Å². The third-order valence-corrected chi connectivity index (χ3v) is 5.18. The molecular formula is C27H41NO8. The van der Waals surface area contributed by atoms with E-state index in [1.807, 2.05) is 27.7 Å². The third kappa shape index (κ3) is 12.7. The number of unbranched alkanes of at least 4 members (excludes halogenated alkanes) is 2. The maximum Gasteiger partial charge on any atom is 0.323 e. The molecule has 0 aliphatic carbocycles. The van der Waals surface area contributed by atoms with Crippen molar-refractivity contribution in [1.29, 1.82) is 0 Å². The van der Waals surface area contributed by atoms with Crippen LogP contribution in [0.3, 0.4) is 0 Å². The Bertz CT molecular complexity index is 852. The van der Waals surface area contributed by atoms with Crippen molar-refractivity contribution < 1.29 is 38.1 Å². The van der Waals surface area contributed by atoms with Crippen LogP contribution in [0.25, 0.3) is 0 Å². The average molecular weight is 508 g/mol. The van der Waals surface area contributed by atoms with Crippen molar-refractivity contribution in [2.75, 3.05) is 20.3 Å². The Labute approximate surface area is 214 Å². The summed E-state index contributed by atoms with van der Waals surface area (Å²) in [7, 11) is 1.29. The van der Waals surface area contributed by atoms with E-state index in [-0.39, 0.29) is 55.8 Å². The Hall–Kier alpha value is -2.94. The lowest BCUT2D eigenvalue weighted by Crippen LogP contribution is -2.41. The summed E-state index contributed by atoms with van der Waals surface area (Å²) in [5.74, 6) is -1.12. The molecule has 0 heterocycles. The molecule has 1 atom stereocenters. The predicted molar refractivity (Wildman–Crippen MR) is 135 cm³/mol. The van der Waals surface area contributed by atoms with Crippen LogP contribution in [0.5, 0.6) is 11.5 Å². The van der Waals surface area contributed by atoms with Gasteiger partial charge in [-0.05, 0) is 42.9 Å². The van der Waals surface area contributed by atoms with Crippen LogP contribution in [-0.2, 0) is 35.1 Å². The number of esters is 4. The van der Waals surface area contributed by atoms with Gasteiger partial charge in [0.2, 0.25) is 0 Å². The van der Waals surface area contributed by atoms with E-state index in [1.54, 1.807) is 18.2 Å². The first kappa shape index (κ1) is 31.1. The molecule has 0 fully saturated rings. The highest BCUT2D eigenvalue weighted by Gasteiger charge is 2.21. The summed E-state index contributed by atoms with van der Waals surface area (Å²) in [4.78, 5) is 48.5. The van der Waals surface area contributed by atoms with Gasteiger partial charge in [-0.2, -0.15) is 0 Å². The van der Waals surface area contributed by atoms with Gasteiger partial charge in [0.1, 0.15) is 12.6 Å².